The van der Waals surface area contributed by atoms with Crippen molar-refractivity contribution in [1.29, 1.82) is 0 Å². The summed E-state index contributed by atoms with van der Waals surface area (Å²) < 4.78 is 5.75. The van der Waals surface area contributed by atoms with Gasteiger partial charge in [0, 0.05) is 24.6 Å². The smallest absolute Gasteiger partial charge is 0.241 e. The number of aromatic nitrogens is 2. The van der Waals surface area contributed by atoms with E-state index in [4.69, 9.17) is 4.74 Å². The highest BCUT2D eigenvalue weighted by molar-refractivity contribution is 5.94. The SMILES string of the molecule is O=C(Nc1ccc(Oc2cccnc2)cc1)C1CCCCN1Cc1ccccn1. The first-order valence-corrected chi connectivity index (χ1v) is 9.91. The van der Waals surface area contributed by atoms with Gasteiger partial charge in [0.05, 0.1) is 17.9 Å². The van der Waals surface area contributed by atoms with Gasteiger partial charge in [-0.05, 0) is 67.9 Å². The molecule has 2 aromatic heterocycles. The first-order valence-electron chi connectivity index (χ1n) is 9.91. The van der Waals surface area contributed by atoms with E-state index >= 15 is 0 Å². The fraction of sp³-hybridized carbons (Fsp3) is 0.261. The van der Waals surface area contributed by atoms with Gasteiger partial charge in [-0.25, -0.2) is 0 Å². The number of hydrogen-bond acceptors (Lipinski definition) is 5. The van der Waals surface area contributed by atoms with Crippen LogP contribution in [-0.4, -0.2) is 33.4 Å². The maximum absolute atomic E-state index is 12.9. The number of carbonyl (C=O) groups excluding carboxylic acids is 1. The van der Waals surface area contributed by atoms with E-state index < -0.39 is 0 Å². The molecule has 1 N–H and O–H groups in total. The third kappa shape index (κ3) is 5.18. The number of ether oxygens (including phenoxy) is 1. The lowest BCUT2D eigenvalue weighted by Gasteiger charge is -2.34. The molecular weight excluding hydrogens is 364 g/mol. The predicted octanol–water partition coefficient (Wildman–Crippen LogP) is 4.26. The zero-order valence-electron chi connectivity index (χ0n) is 16.2. The second-order valence-corrected chi connectivity index (χ2v) is 7.11. The van der Waals surface area contributed by atoms with E-state index in [9.17, 15) is 4.79 Å². The number of piperidine rings is 1. The van der Waals surface area contributed by atoms with Crippen LogP contribution in [-0.2, 0) is 11.3 Å². The van der Waals surface area contributed by atoms with Gasteiger partial charge in [0.1, 0.15) is 11.5 Å². The number of benzene rings is 1. The summed E-state index contributed by atoms with van der Waals surface area (Å²) in [7, 11) is 0. The Bertz CT molecular complexity index is 917. The van der Waals surface area contributed by atoms with Crippen LogP contribution in [0.4, 0.5) is 5.69 Å². The second kappa shape index (κ2) is 9.30. The van der Waals surface area contributed by atoms with E-state index in [1.807, 2.05) is 54.6 Å². The highest BCUT2D eigenvalue weighted by atomic mass is 16.5. The van der Waals surface area contributed by atoms with E-state index in [0.717, 1.165) is 37.2 Å². The molecule has 29 heavy (non-hydrogen) atoms. The Kier molecular flexibility index (Phi) is 6.12. The summed E-state index contributed by atoms with van der Waals surface area (Å²) in [5, 5.41) is 3.05. The van der Waals surface area contributed by atoms with Crippen LogP contribution in [0.25, 0.3) is 0 Å². The molecule has 0 radical (unpaired) electrons. The number of likely N-dealkylation sites (tertiary alicyclic amines) is 1. The van der Waals surface area contributed by atoms with E-state index in [1.165, 1.54) is 0 Å². The molecule has 0 bridgehead atoms. The van der Waals surface area contributed by atoms with Gasteiger partial charge >= 0.3 is 0 Å². The molecule has 148 valence electrons. The molecule has 1 aromatic carbocycles. The molecule has 1 fully saturated rings. The number of amides is 1. The van der Waals surface area contributed by atoms with Crippen molar-refractivity contribution < 1.29 is 9.53 Å². The van der Waals surface area contributed by atoms with Crippen molar-refractivity contribution >= 4 is 11.6 Å². The highest BCUT2D eigenvalue weighted by Crippen LogP contribution is 2.24. The van der Waals surface area contributed by atoms with Gasteiger partial charge < -0.3 is 10.1 Å². The van der Waals surface area contributed by atoms with Gasteiger partial charge in [0.25, 0.3) is 0 Å². The van der Waals surface area contributed by atoms with E-state index in [1.54, 1.807) is 18.6 Å². The monoisotopic (exact) mass is 388 g/mol. The first kappa shape index (κ1) is 19.1. The lowest BCUT2D eigenvalue weighted by Crippen LogP contribution is -2.46. The van der Waals surface area contributed by atoms with Gasteiger partial charge in [-0.3, -0.25) is 19.7 Å². The first-order chi connectivity index (χ1) is 14.3. The number of nitrogens with one attached hydrogen (secondary N) is 1. The molecule has 1 amide bonds. The van der Waals surface area contributed by atoms with E-state index in [0.29, 0.717) is 18.0 Å². The van der Waals surface area contributed by atoms with Crippen molar-refractivity contribution in [2.75, 3.05) is 11.9 Å². The zero-order chi connectivity index (χ0) is 19.9. The second-order valence-electron chi connectivity index (χ2n) is 7.11. The van der Waals surface area contributed by atoms with Crippen molar-refractivity contribution in [3.63, 3.8) is 0 Å². The number of carbonyl (C=O) groups is 1. The number of anilines is 1. The minimum Gasteiger partial charge on any atom is -0.456 e. The molecule has 0 saturated carbocycles. The van der Waals surface area contributed by atoms with Crippen LogP contribution in [0, 0.1) is 0 Å². The molecule has 0 spiro atoms. The fourth-order valence-corrected chi connectivity index (χ4v) is 3.55. The Morgan fingerprint density at radius 3 is 2.69 bits per heavy atom. The molecule has 1 aliphatic rings. The van der Waals surface area contributed by atoms with Crippen molar-refractivity contribution in [2.24, 2.45) is 0 Å². The zero-order valence-corrected chi connectivity index (χ0v) is 16.2. The van der Waals surface area contributed by atoms with Crippen LogP contribution in [0.1, 0.15) is 25.0 Å². The number of hydrogen-bond donors (Lipinski definition) is 1. The number of nitrogens with zero attached hydrogens (tertiary/aromatic N) is 3. The fourth-order valence-electron chi connectivity index (χ4n) is 3.55. The molecule has 1 atom stereocenters. The summed E-state index contributed by atoms with van der Waals surface area (Å²) in [6, 6.07) is 16.8. The summed E-state index contributed by atoms with van der Waals surface area (Å²) in [6.07, 6.45) is 8.19. The maximum atomic E-state index is 12.9. The molecule has 0 aliphatic carbocycles. The van der Waals surface area contributed by atoms with Crippen molar-refractivity contribution in [3.8, 4) is 11.5 Å². The standard InChI is InChI=1S/C23H24N4O2/c28-23(22-8-2-4-15-27(22)17-19-6-1-3-14-25-19)26-18-9-11-20(12-10-18)29-21-7-5-13-24-16-21/h1,3,5-7,9-14,16,22H,2,4,8,15,17H2,(H,26,28). The van der Waals surface area contributed by atoms with E-state index in [2.05, 4.69) is 20.2 Å². The largest absolute Gasteiger partial charge is 0.456 e. The van der Waals surface area contributed by atoms with Crippen LogP contribution >= 0.6 is 0 Å². The summed E-state index contributed by atoms with van der Waals surface area (Å²) in [5.74, 6) is 1.41. The van der Waals surface area contributed by atoms with Crippen LogP contribution in [0.5, 0.6) is 11.5 Å². The number of rotatable bonds is 6. The van der Waals surface area contributed by atoms with Crippen LogP contribution in [0.15, 0.2) is 73.2 Å². The Morgan fingerprint density at radius 1 is 1.03 bits per heavy atom. The van der Waals surface area contributed by atoms with Crippen LogP contribution < -0.4 is 10.1 Å². The van der Waals surface area contributed by atoms with Gasteiger partial charge in [-0.2, -0.15) is 0 Å². The third-order valence-electron chi connectivity index (χ3n) is 5.00. The Hall–Kier alpha value is -3.25. The van der Waals surface area contributed by atoms with Gasteiger partial charge in [0.15, 0.2) is 0 Å². The highest BCUT2D eigenvalue weighted by Gasteiger charge is 2.28. The average Bonchev–Trinajstić information content (AvgIpc) is 2.77. The summed E-state index contributed by atoms with van der Waals surface area (Å²) >= 11 is 0. The Labute approximate surface area is 170 Å². The van der Waals surface area contributed by atoms with Crippen molar-refractivity contribution in [3.05, 3.63) is 78.9 Å². The molecular formula is C23H24N4O2. The van der Waals surface area contributed by atoms with Crippen LogP contribution in [0.2, 0.25) is 0 Å². The van der Waals surface area contributed by atoms with Gasteiger partial charge in [-0.15, -0.1) is 0 Å². The minimum absolute atomic E-state index is 0.0292. The van der Waals surface area contributed by atoms with Crippen molar-refractivity contribution in [2.45, 2.75) is 31.8 Å². The summed E-state index contributed by atoms with van der Waals surface area (Å²) in [4.78, 5) is 23.6. The predicted molar refractivity (Wildman–Crippen MR) is 112 cm³/mol. The Morgan fingerprint density at radius 2 is 1.93 bits per heavy atom. The minimum atomic E-state index is -0.142. The molecule has 1 aliphatic heterocycles. The van der Waals surface area contributed by atoms with Gasteiger partial charge in [0.2, 0.25) is 5.91 Å². The normalized spacial score (nSPS) is 16.9. The average molecular weight is 388 g/mol. The maximum Gasteiger partial charge on any atom is 0.241 e. The molecule has 3 heterocycles. The molecule has 6 nitrogen and oxygen atoms in total. The molecule has 1 unspecified atom stereocenters. The summed E-state index contributed by atoms with van der Waals surface area (Å²) in [6.45, 7) is 1.60. The lowest BCUT2D eigenvalue weighted by atomic mass is 10.0. The third-order valence-corrected chi connectivity index (χ3v) is 5.00. The topological polar surface area (TPSA) is 67.3 Å². The van der Waals surface area contributed by atoms with Gasteiger partial charge in [-0.1, -0.05) is 12.5 Å². The molecule has 4 rings (SSSR count). The lowest BCUT2D eigenvalue weighted by molar-refractivity contribution is -0.122. The summed E-state index contributed by atoms with van der Waals surface area (Å²) in [5.41, 5.74) is 1.75. The quantitative estimate of drug-likeness (QED) is 0.683. The van der Waals surface area contributed by atoms with E-state index in [-0.39, 0.29) is 11.9 Å². The van der Waals surface area contributed by atoms with Crippen molar-refractivity contribution in [1.82, 2.24) is 14.9 Å². The molecule has 6 heteroatoms. The van der Waals surface area contributed by atoms with Crippen LogP contribution in [0.3, 0.4) is 0 Å². The Balaban J connectivity index is 1.38. The number of pyridine rings is 2. The molecule has 1 saturated heterocycles. The molecule has 3 aromatic rings.